The van der Waals surface area contributed by atoms with Gasteiger partial charge in [-0.3, -0.25) is 0 Å². The summed E-state index contributed by atoms with van der Waals surface area (Å²) >= 11 is 0. The fourth-order valence-electron chi connectivity index (χ4n) is 2.09. The van der Waals surface area contributed by atoms with E-state index >= 15 is 0 Å². The number of hydrogen-bond donors (Lipinski definition) is 0. The molecule has 3 aromatic heterocycles. The molecule has 6 heteroatoms. The lowest BCUT2D eigenvalue weighted by Crippen LogP contribution is -2.00. The molecule has 0 saturated heterocycles. The molecular weight excluding hydrogens is 204 g/mol. The van der Waals surface area contributed by atoms with Crippen LogP contribution < -0.4 is 0 Å². The van der Waals surface area contributed by atoms with Gasteiger partial charge in [-0.15, -0.1) is 5.10 Å². The van der Waals surface area contributed by atoms with Crippen LogP contribution in [-0.2, 0) is 7.05 Å². The molecule has 0 aliphatic carbocycles. The summed E-state index contributed by atoms with van der Waals surface area (Å²) in [6, 6.07) is 0. The Kier molecular flexibility index (Phi) is 1.61. The third-order valence-electron chi connectivity index (χ3n) is 3.22. The molecule has 0 aliphatic rings. The van der Waals surface area contributed by atoms with E-state index in [1.807, 2.05) is 20.9 Å². The van der Waals surface area contributed by atoms with Crippen molar-refractivity contribution >= 4 is 16.7 Å². The van der Waals surface area contributed by atoms with Crippen LogP contribution in [0.5, 0.6) is 0 Å². The zero-order chi connectivity index (χ0) is 11.4. The van der Waals surface area contributed by atoms with Crippen molar-refractivity contribution in [1.82, 2.24) is 29.6 Å². The highest BCUT2D eigenvalue weighted by Crippen LogP contribution is 2.24. The molecule has 0 atom stereocenters. The summed E-state index contributed by atoms with van der Waals surface area (Å²) < 4.78 is 3.82. The van der Waals surface area contributed by atoms with Crippen LogP contribution in [0.1, 0.15) is 17.1 Å². The Balaban J connectivity index is 2.71. The quantitative estimate of drug-likeness (QED) is 0.561. The summed E-state index contributed by atoms with van der Waals surface area (Å²) in [7, 11) is 2.01. The number of tetrazole rings is 1. The van der Waals surface area contributed by atoms with Crippen LogP contribution in [0.2, 0.25) is 0 Å². The molecule has 82 valence electrons. The third kappa shape index (κ3) is 0.911. The van der Waals surface area contributed by atoms with Gasteiger partial charge in [0.2, 0.25) is 5.65 Å². The van der Waals surface area contributed by atoms with Crippen LogP contribution in [0.25, 0.3) is 16.7 Å². The number of pyridine rings is 1. The van der Waals surface area contributed by atoms with Gasteiger partial charge < -0.3 is 4.57 Å². The second-order valence-electron chi connectivity index (χ2n) is 4.04. The predicted molar refractivity (Wildman–Crippen MR) is 59.3 cm³/mol. The smallest absolute Gasteiger partial charge is 0.207 e. The molecule has 6 nitrogen and oxygen atoms in total. The number of rotatable bonds is 0. The Morgan fingerprint density at radius 3 is 2.62 bits per heavy atom. The van der Waals surface area contributed by atoms with Gasteiger partial charge in [0.25, 0.3) is 0 Å². The Morgan fingerprint density at radius 1 is 1.12 bits per heavy atom. The van der Waals surface area contributed by atoms with Gasteiger partial charge in [-0.25, -0.2) is 4.98 Å². The van der Waals surface area contributed by atoms with Crippen molar-refractivity contribution < 1.29 is 0 Å². The standard InChI is InChI=1S/C10H12N6/c1-5-6(2)16-10(12-13-14-16)8-9(5)15(4)7(3)11-8/h1-4H3. The lowest BCUT2D eigenvalue weighted by molar-refractivity contribution is 0.799. The normalized spacial score (nSPS) is 11.8. The van der Waals surface area contributed by atoms with E-state index < -0.39 is 0 Å². The van der Waals surface area contributed by atoms with Gasteiger partial charge in [-0.05, 0) is 36.8 Å². The molecule has 0 N–H and O–H groups in total. The molecule has 0 aliphatic heterocycles. The average molecular weight is 216 g/mol. The van der Waals surface area contributed by atoms with Gasteiger partial charge in [0, 0.05) is 12.7 Å². The van der Waals surface area contributed by atoms with E-state index in [1.165, 1.54) is 0 Å². The van der Waals surface area contributed by atoms with Crippen molar-refractivity contribution in [3.8, 4) is 0 Å². The first kappa shape index (κ1) is 9.26. The average Bonchev–Trinajstić information content (AvgIpc) is 2.82. The van der Waals surface area contributed by atoms with Crippen molar-refractivity contribution in [3.63, 3.8) is 0 Å². The molecule has 0 saturated carbocycles. The minimum Gasteiger partial charge on any atom is -0.331 e. The third-order valence-corrected chi connectivity index (χ3v) is 3.22. The highest BCUT2D eigenvalue weighted by molar-refractivity contribution is 5.91. The number of aryl methyl sites for hydroxylation is 4. The van der Waals surface area contributed by atoms with Crippen LogP contribution in [-0.4, -0.2) is 29.6 Å². The van der Waals surface area contributed by atoms with Gasteiger partial charge in [0.15, 0.2) is 0 Å². The van der Waals surface area contributed by atoms with E-state index in [4.69, 9.17) is 0 Å². The fraction of sp³-hybridized carbons (Fsp3) is 0.400. The minimum absolute atomic E-state index is 0.724. The van der Waals surface area contributed by atoms with Crippen LogP contribution in [0, 0.1) is 20.8 Å². The Bertz CT molecular complexity index is 705. The second-order valence-corrected chi connectivity index (χ2v) is 4.04. The summed E-state index contributed by atoms with van der Waals surface area (Å²) in [4.78, 5) is 4.51. The van der Waals surface area contributed by atoms with Gasteiger partial charge in [0.1, 0.15) is 11.3 Å². The monoisotopic (exact) mass is 216 g/mol. The SMILES string of the molecule is Cc1c(C)n2nnnc2c2nc(C)n(C)c12. The van der Waals surface area contributed by atoms with E-state index in [0.29, 0.717) is 0 Å². The first-order valence-electron chi connectivity index (χ1n) is 5.11. The number of aromatic nitrogens is 6. The first-order chi connectivity index (χ1) is 7.61. The van der Waals surface area contributed by atoms with Crippen molar-refractivity contribution in [2.24, 2.45) is 7.05 Å². The van der Waals surface area contributed by atoms with Crippen LogP contribution in [0.3, 0.4) is 0 Å². The van der Waals surface area contributed by atoms with E-state index in [2.05, 4.69) is 32.0 Å². The van der Waals surface area contributed by atoms with Gasteiger partial charge in [-0.2, -0.15) is 4.52 Å². The molecule has 0 spiro atoms. The van der Waals surface area contributed by atoms with Gasteiger partial charge in [-0.1, -0.05) is 0 Å². The lowest BCUT2D eigenvalue weighted by Gasteiger charge is -2.05. The number of nitrogens with zero attached hydrogens (tertiary/aromatic N) is 6. The maximum absolute atomic E-state index is 4.51. The summed E-state index contributed by atoms with van der Waals surface area (Å²) in [5.74, 6) is 0.966. The van der Waals surface area contributed by atoms with Crippen molar-refractivity contribution in [1.29, 1.82) is 0 Å². The van der Waals surface area contributed by atoms with E-state index in [0.717, 1.165) is 33.8 Å². The number of imidazole rings is 1. The molecule has 0 amide bonds. The zero-order valence-electron chi connectivity index (χ0n) is 9.68. The molecule has 0 aromatic carbocycles. The Hall–Kier alpha value is -1.98. The maximum atomic E-state index is 4.51. The molecule has 0 bridgehead atoms. The van der Waals surface area contributed by atoms with Crippen LogP contribution in [0.4, 0.5) is 0 Å². The molecule has 3 rings (SSSR count). The lowest BCUT2D eigenvalue weighted by atomic mass is 10.2. The summed E-state index contributed by atoms with van der Waals surface area (Å²) in [5.41, 5.74) is 4.92. The van der Waals surface area contributed by atoms with Gasteiger partial charge >= 0.3 is 0 Å². The molecule has 16 heavy (non-hydrogen) atoms. The van der Waals surface area contributed by atoms with Crippen molar-refractivity contribution in [2.75, 3.05) is 0 Å². The van der Waals surface area contributed by atoms with E-state index in [9.17, 15) is 0 Å². The highest BCUT2D eigenvalue weighted by Gasteiger charge is 2.16. The van der Waals surface area contributed by atoms with Gasteiger partial charge in [0.05, 0.1) is 5.52 Å². The topological polar surface area (TPSA) is 60.9 Å². The van der Waals surface area contributed by atoms with Crippen molar-refractivity contribution in [2.45, 2.75) is 20.8 Å². The molecule has 3 aromatic rings. The molecule has 0 unspecified atom stereocenters. The van der Waals surface area contributed by atoms with E-state index in [1.54, 1.807) is 4.52 Å². The van der Waals surface area contributed by atoms with Crippen molar-refractivity contribution in [3.05, 3.63) is 17.1 Å². The Morgan fingerprint density at radius 2 is 1.88 bits per heavy atom. The largest absolute Gasteiger partial charge is 0.331 e. The summed E-state index contributed by atoms with van der Waals surface area (Å²) in [5, 5.41) is 11.7. The number of fused-ring (bicyclic) bond motifs is 3. The maximum Gasteiger partial charge on any atom is 0.207 e. The predicted octanol–water partition coefficient (Wildman–Crippen LogP) is 0.936. The highest BCUT2D eigenvalue weighted by atomic mass is 15.5. The second kappa shape index (κ2) is 2.78. The summed E-state index contributed by atoms with van der Waals surface area (Å²) in [6.07, 6.45) is 0. The molecule has 0 radical (unpaired) electrons. The molecule has 3 heterocycles. The number of hydrogen-bond acceptors (Lipinski definition) is 4. The molecular formula is C10H12N6. The fourth-order valence-corrected chi connectivity index (χ4v) is 2.09. The minimum atomic E-state index is 0.724. The summed E-state index contributed by atoms with van der Waals surface area (Å²) in [6.45, 7) is 6.06. The molecule has 0 fully saturated rings. The first-order valence-corrected chi connectivity index (χ1v) is 5.11. The van der Waals surface area contributed by atoms with Crippen LogP contribution in [0.15, 0.2) is 0 Å². The van der Waals surface area contributed by atoms with E-state index in [-0.39, 0.29) is 0 Å². The zero-order valence-corrected chi connectivity index (χ0v) is 9.68. The van der Waals surface area contributed by atoms with Crippen LogP contribution >= 0.6 is 0 Å². The Labute approximate surface area is 91.9 Å².